The molecule has 18 nitrogen and oxygen atoms in total. The second kappa shape index (κ2) is 22.8. The fourth-order valence-electron chi connectivity index (χ4n) is 10.6. The van der Waals surface area contributed by atoms with Crippen molar-refractivity contribution >= 4 is 47.3 Å². The van der Waals surface area contributed by atoms with Gasteiger partial charge in [-0.15, -0.1) is 0 Å². The molecule has 2 saturated heterocycles. The first kappa shape index (κ1) is 55.1. The highest BCUT2D eigenvalue weighted by Gasteiger charge is 2.46. The molecule has 2 aliphatic heterocycles. The van der Waals surface area contributed by atoms with E-state index < -0.39 is 83.1 Å². The zero-order valence-corrected chi connectivity index (χ0v) is 44.5. The summed E-state index contributed by atoms with van der Waals surface area (Å²) in [5.74, 6) is -2.76. The summed E-state index contributed by atoms with van der Waals surface area (Å²) in [7, 11) is 3.34. The molecule has 0 bridgehead atoms. The van der Waals surface area contributed by atoms with E-state index >= 15 is 0 Å². The molecule has 3 aromatic carbocycles. The SMILES string of the molecule is CN[C@@H](C)C(=O)N[C@H](C(=O)N1CCC[C@H]1C(=O)N[C@H]1c2ccccc2C[C@@H]1NC(=O)c1ccc(C(=O)N[C@H]2Cc3ccccc3[C@@H]2NC(=O)[C@@H]2CCCN2C(=O)[C@@H](NC(=O)[C@H](C)NC)C(C)(C)C)cc1)C(C)(C)C. The molecule has 7 rings (SSSR count). The van der Waals surface area contributed by atoms with E-state index in [9.17, 15) is 38.4 Å². The van der Waals surface area contributed by atoms with Crippen molar-refractivity contribution in [1.82, 2.24) is 52.3 Å². The van der Waals surface area contributed by atoms with Crippen molar-refractivity contribution in [2.75, 3.05) is 27.2 Å². The molecular weight excluding hydrogens is 941 g/mol. The fourth-order valence-corrected chi connectivity index (χ4v) is 10.6. The standard InChI is InChI=1S/C56H76N10O8/c1-31(57-9)47(67)63-45(55(3,4)5)53(73)65-27-15-21-41(65)51(71)61-43-37-19-13-11-17-35(37)29-39(43)59-49(69)33-23-25-34(26-24-33)50(70)60-40-30-36-18-12-14-20-38(36)44(40)62-52(72)42-22-16-28-66(42)54(74)46(56(6,7)8)64-48(68)32(2)58-10/h11-14,17-20,23-26,31-32,39-46,57-58H,15-16,21-22,27-30H2,1-10H3,(H,59,69)(H,60,70)(H,61,71)(H,62,72)(H,63,67)(H,64,68)/t31-,32-,39-,40-,41-,42-,43-,44-,45+,46+/m0/s1. The zero-order valence-electron chi connectivity index (χ0n) is 44.5. The lowest BCUT2D eigenvalue weighted by Gasteiger charge is -2.36. The van der Waals surface area contributed by atoms with Crippen molar-refractivity contribution in [3.05, 3.63) is 106 Å². The van der Waals surface area contributed by atoms with Crippen LogP contribution in [0.2, 0.25) is 0 Å². The molecule has 8 amide bonds. The third kappa shape index (κ3) is 12.1. The Balaban J connectivity index is 1.00. The van der Waals surface area contributed by atoms with E-state index in [1.165, 1.54) is 0 Å². The van der Waals surface area contributed by atoms with Gasteiger partial charge in [-0.1, -0.05) is 90.1 Å². The van der Waals surface area contributed by atoms with Gasteiger partial charge < -0.3 is 52.3 Å². The maximum Gasteiger partial charge on any atom is 0.251 e. The molecule has 2 fully saturated rings. The predicted octanol–water partition coefficient (Wildman–Crippen LogP) is 2.97. The number of likely N-dealkylation sites (N-methyl/N-ethyl adjacent to an activating group) is 2. The molecule has 10 atom stereocenters. The van der Waals surface area contributed by atoms with Crippen LogP contribution in [0.15, 0.2) is 72.8 Å². The van der Waals surface area contributed by atoms with Crippen molar-refractivity contribution in [2.24, 2.45) is 10.8 Å². The molecule has 2 aliphatic carbocycles. The van der Waals surface area contributed by atoms with Gasteiger partial charge in [-0.2, -0.15) is 0 Å². The van der Waals surface area contributed by atoms with Crippen LogP contribution >= 0.6 is 0 Å². The minimum atomic E-state index is -0.864. The van der Waals surface area contributed by atoms with Crippen LogP contribution in [0.4, 0.5) is 0 Å². The monoisotopic (exact) mass is 1020 g/mol. The fraction of sp³-hybridized carbons (Fsp3) is 0.536. The topological polar surface area (TPSA) is 239 Å². The lowest BCUT2D eigenvalue weighted by Crippen LogP contribution is -2.59. The first-order valence-electron chi connectivity index (χ1n) is 26.1. The van der Waals surface area contributed by atoms with Crippen molar-refractivity contribution in [1.29, 1.82) is 0 Å². The lowest BCUT2D eigenvalue weighted by atomic mass is 9.85. The number of rotatable bonds is 16. The number of carbonyl (C=O) groups is 8. The van der Waals surface area contributed by atoms with Gasteiger partial charge in [-0.25, -0.2) is 0 Å². The number of likely N-dealkylation sites (tertiary alicyclic amines) is 2. The number of nitrogens with one attached hydrogen (secondary N) is 8. The van der Waals surface area contributed by atoms with Gasteiger partial charge in [-0.05, 0) is 124 Å². The predicted molar refractivity (Wildman–Crippen MR) is 280 cm³/mol. The van der Waals surface area contributed by atoms with Crippen LogP contribution in [0.25, 0.3) is 0 Å². The van der Waals surface area contributed by atoms with E-state index in [-0.39, 0.29) is 35.4 Å². The largest absolute Gasteiger partial charge is 0.347 e. The van der Waals surface area contributed by atoms with Gasteiger partial charge in [0.05, 0.1) is 36.3 Å². The average molecular weight is 1020 g/mol. The Hall–Kier alpha value is -6.66. The van der Waals surface area contributed by atoms with E-state index in [1.54, 1.807) is 62.0 Å². The van der Waals surface area contributed by atoms with Crippen LogP contribution in [0, 0.1) is 10.8 Å². The summed E-state index contributed by atoms with van der Waals surface area (Å²) in [6.45, 7) is 15.4. The zero-order chi connectivity index (χ0) is 53.8. The molecule has 0 unspecified atom stereocenters. The summed E-state index contributed by atoms with van der Waals surface area (Å²) in [5.41, 5.74) is 3.00. The summed E-state index contributed by atoms with van der Waals surface area (Å²) in [5, 5.41) is 24.2. The van der Waals surface area contributed by atoms with Gasteiger partial charge in [0.25, 0.3) is 11.8 Å². The first-order chi connectivity index (χ1) is 35.0. The van der Waals surface area contributed by atoms with Gasteiger partial charge >= 0.3 is 0 Å². The average Bonchev–Trinajstić information content (AvgIpc) is 4.19. The molecular formula is C56H76N10O8. The number of hydrogen-bond donors (Lipinski definition) is 8. The molecule has 8 N–H and O–H groups in total. The number of benzene rings is 3. The Bertz CT molecular complexity index is 2430. The van der Waals surface area contributed by atoms with Crippen molar-refractivity contribution < 1.29 is 38.4 Å². The number of fused-ring (bicyclic) bond motifs is 2. The van der Waals surface area contributed by atoms with E-state index in [0.717, 1.165) is 22.3 Å². The molecule has 0 spiro atoms. The summed E-state index contributed by atoms with van der Waals surface area (Å²) >= 11 is 0. The highest BCUT2D eigenvalue weighted by atomic mass is 16.2. The van der Waals surface area contributed by atoms with Crippen molar-refractivity contribution in [3.8, 4) is 0 Å². The molecule has 2 heterocycles. The summed E-state index contributed by atoms with van der Waals surface area (Å²) in [6.07, 6.45) is 3.03. The van der Waals surface area contributed by atoms with Crippen LogP contribution in [-0.2, 0) is 41.6 Å². The lowest BCUT2D eigenvalue weighted by molar-refractivity contribution is -0.144. The van der Waals surface area contributed by atoms with Gasteiger partial charge in [0.1, 0.15) is 24.2 Å². The number of nitrogens with zero attached hydrogens (tertiary/aromatic N) is 2. The number of carbonyl (C=O) groups excluding carboxylic acids is 8. The summed E-state index contributed by atoms with van der Waals surface area (Å²) in [6, 6.07) is 15.1. The second-order valence-electron chi connectivity index (χ2n) is 22.5. The minimum Gasteiger partial charge on any atom is -0.347 e. The summed E-state index contributed by atoms with van der Waals surface area (Å²) < 4.78 is 0. The van der Waals surface area contributed by atoms with Gasteiger partial charge in [0.15, 0.2) is 0 Å². The first-order valence-corrected chi connectivity index (χ1v) is 26.1. The van der Waals surface area contributed by atoms with Crippen LogP contribution in [0.5, 0.6) is 0 Å². The Morgan fingerprint density at radius 2 is 0.865 bits per heavy atom. The van der Waals surface area contributed by atoms with Gasteiger partial charge in [0, 0.05) is 24.2 Å². The smallest absolute Gasteiger partial charge is 0.251 e. The quantitative estimate of drug-likeness (QED) is 0.104. The highest BCUT2D eigenvalue weighted by Crippen LogP contribution is 2.35. The van der Waals surface area contributed by atoms with Crippen LogP contribution < -0.4 is 42.5 Å². The highest BCUT2D eigenvalue weighted by molar-refractivity contribution is 5.99. The van der Waals surface area contributed by atoms with E-state index in [2.05, 4.69) is 42.5 Å². The van der Waals surface area contributed by atoms with Crippen LogP contribution in [0.1, 0.15) is 136 Å². The normalized spacial score (nSPS) is 22.8. The Morgan fingerprint density at radius 1 is 0.514 bits per heavy atom. The Labute approximate surface area is 435 Å². The van der Waals surface area contributed by atoms with Gasteiger partial charge in [0.2, 0.25) is 35.4 Å². The maximum atomic E-state index is 14.2. The Kier molecular flexibility index (Phi) is 17.0. The third-order valence-corrected chi connectivity index (χ3v) is 15.2. The van der Waals surface area contributed by atoms with Crippen molar-refractivity contribution in [3.63, 3.8) is 0 Å². The van der Waals surface area contributed by atoms with Gasteiger partial charge in [-0.3, -0.25) is 38.4 Å². The van der Waals surface area contributed by atoms with Crippen molar-refractivity contribution in [2.45, 2.75) is 154 Å². The summed E-state index contributed by atoms with van der Waals surface area (Å²) in [4.78, 5) is 114. The number of hydrogen-bond acceptors (Lipinski definition) is 10. The third-order valence-electron chi connectivity index (χ3n) is 15.2. The second-order valence-corrected chi connectivity index (χ2v) is 22.5. The van der Waals surface area contributed by atoms with E-state index in [0.29, 0.717) is 62.7 Å². The molecule has 398 valence electrons. The van der Waals surface area contributed by atoms with E-state index in [1.807, 2.05) is 90.1 Å². The minimum absolute atomic E-state index is 0.303. The molecule has 4 aliphatic rings. The molecule has 0 radical (unpaired) electrons. The van der Waals surface area contributed by atoms with Crippen LogP contribution in [-0.4, -0.2) is 133 Å². The molecule has 3 aromatic rings. The molecule has 0 aromatic heterocycles. The number of amides is 8. The van der Waals surface area contributed by atoms with E-state index in [4.69, 9.17) is 0 Å². The maximum absolute atomic E-state index is 14.2. The molecule has 74 heavy (non-hydrogen) atoms. The molecule has 18 heteroatoms. The Morgan fingerprint density at radius 3 is 1.20 bits per heavy atom. The molecule has 0 saturated carbocycles. The van der Waals surface area contributed by atoms with Crippen LogP contribution in [0.3, 0.4) is 0 Å².